The van der Waals surface area contributed by atoms with Gasteiger partial charge in [-0.05, 0) is 44.0 Å². The first-order valence-electron chi connectivity index (χ1n) is 8.00. The van der Waals surface area contributed by atoms with E-state index in [0.29, 0.717) is 12.5 Å². The summed E-state index contributed by atoms with van der Waals surface area (Å²) < 4.78 is 11.6. The van der Waals surface area contributed by atoms with Crippen LogP contribution in [0.4, 0.5) is 0 Å². The van der Waals surface area contributed by atoms with Gasteiger partial charge in [-0.25, -0.2) is 4.98 Å². The molecule has 2 heterocycles. The summed E-state index contributed by atoms with van der Waals surface area (Å²) in [5.41, 5.74) is 2.14. The van der Waals surface area contributed by atoms with Crippen LogP contribution in [0.1, 0.15) is 17.0 Å². The van der Waals surface area contributed by atoms with Crippen molar-refractivity contribution in [1.29, 1.82) is 0 Å². The van der Waals surface area contributed by atoms with Gasteiger partial charge in [0, 0.05) is 13.1 Å². The molecule has 0 radical (unpaired) electrons. The molecule has 0 N–H and O–H groups in total. The molecule has 0 aliphatic carbocycles. The molecule has 5 heteroatoms. The second kappa shape index (κ2) is 7.64. The van der Waals surface area contributed by atoms with Crippen LogP contribution in [0.25, 0.3) is 10.8 Å². The Bertz CT molecular complexity index is 781. The number of hydrogen-bond donors (Lipinski definition) is 0. The monoisotopic (exact) mass is 342 g/mol. The molecular weight excluding hydrogens is 320 g/mol. The lowest BCUT2D eigenvalue weighted by Crippen LogP contribution is -2.24. The van der Waals surface area contributed by atoms with Gasteiger partial charge in [0.15, 0.2) is 0 Å². The Labute approximate surface area is 146 Å². The minimum absolute atomic E-state index is 0.649. The lowest BCUT2D eigenvalue weighted by atomic mass is 10.2. The highest BCUT2D eigenvalue weighted by Crippen LogP contribution is 2.26. The van der Waals surface area contributed by atoms with E-state index in [4.69, 9.17) is 9.15 Å². The van der Waals surface area contributed by atoms with E-state index in [9.17, 15) is 0 Å². The Kier molecular flexibility index (Phi) is 5.33. The van der Waals surface area contributed by atoms with E-state index in [1.165, 1.54) is 0 Å². The fourth-order valence-corrected chi connectivity index (χ4v) is 3.09. The second-order valence-electron chi connectivity index (χ2n) is 5.85. The van der Waals surface area contributed by atoms with Crippen molar-refractivity contribution in [2.75, 3.05) is 20.2 Å². The third-order valence-corrected chi connectivity index (χ3v) is 4.73. The molecule has 24 heavy (non-hydrogen) atoms. The van der Waals surface area contributed by atoms with Gasteiger partial charge in [-0.3, -0.25) is 4.90 Å². The van der Waals surface area contributed by atoms with Gasteiger partial charge < -0.3 is 9.15 Å². The molecule has 3 aromatic rings. The summed E-state index contributed by atoms with van der Waals surface area (Å²) in [4.78, 5) is 7.89. The van der Waals surface area contributed by atoms with E-state index in [-0.39, 0.29) is 0 Å². The lowest BCUT2D eigenvalue weighted by Gasteiger charge is -2.16. The highest BCUT2D eigenvalue weighted by Gasteiger charge is 2.13. The standard InChI is InChI=1S/C19H22N2O2S/c1-14-7-4-5-8-17(14)22-11-10-21(3)13-16-15(2)23-19(20-16)18-9-6-12-24-18/h4-9,12H,10-11,13H2,1-3H3. The molecule has 0 spiro atoms. The number of benzene rings is 1. The van der Waals surface area contributed by atoms with Gasteiger partial charge in [0.1, 0.15) is 18.1 Å². The van der Waals surface area contributed by atoms with E-state index in [2.05, 4.69) is 29.9 Å². The van der Waals surface area contributed by atoms with Crippen molar-refractivity contribution in [3.05, 3.63) is 58.8 Å². The smallest absolute Gasteiger partial charge is 0.236 e. The molecule has 0 aliphatic heterocycles. The van der Waals surface area contributed by atoms with Crippen LogP contribution in [0.3, 0.4) is 0 Å². The number of rotatable bonds is 7. The van der Waals surface area contributed by atoms with Crippen LogP contribution >= 0.6 is 11.3 Å². The molecular formula is C19H22N2O2S. The van der Waals surface area contributed by atoms with Crippen LogP contribution in [0.2, 0.25) is 0 Å². The van der Waals surface area contributed by atoms with Crippen LogP contribution in [-0.4, -0.2) is 30.1 Å². The molecule has 3 rings (SSSR count). The number of aryl methyl sites for hydroxylation is 2. The number of oxazole rings is 1. The fourth-order valence-electron chi connectivity index (χ4n) is 2.44. The zero-order valence-electron chi connectivity index (χ0n) is 14.3. The first kappa shape index (κ1) is 16.7. The lowest BCUT2D eigenvalue weighted by molar-refractivity contribution is 0.230. The summed E-state index contributed by atoms with van der Waals surface area (Å²) in [6, 6.07) is 12.1. The maximum atomic E-state index is 5.86. The van der Waals surface area contributed by atoms with Crippen molar-refractivity contribution in [1.82, 2.24) is 9.88 Å². The van der Waals surface area contributed by atoms with Gasteiger partial charge in [-0.2, -0.15) is 0 Å². The third-order valence-electron chi connectivity index (χ3n) is 3.87. The summed E-state index contributed by atoms with van der Waals surface area (Å²) in [6.45, 7) is 6.25. The Hall–Kier alpha value is -2.11. The minimum Gasteiger partial charge on any atom is -0.492 e. The molecule has 0 aliphatic rings. The largest absolute Gasteiger partial charge is 0.492 e. The van der Waals surface area contributed by atoms with Crippen LogP contribution in [-0.2, 0) is 6.54 Å². The van der Waals surface area contributed by atoms with Crippen molar-refractivity contribution in [2.24, 2.45) is 0 Å². The highest BCUT2D eigenvalue weighted by molar-refractivity contribution is 7.13. The summed E-state index contributed by atoms with van der Waals surface area (Å²) in [5.74, 6) is 2.54. The van der Waals surface area contributed by atoms with Crippen molar-refractivity contribution >= 4 is 11.3 Å². The van der Waals surface area contributed by atoms with Crippen LogP contribution in [0, 0.1) is 13.8 Å². The Balaban J connectivity index is 1.53. The number of para-hydroxylation sites is 1. The zero-order valence-corrected chi connectivity index (χ0v) is 15.1. The van der Waals surface area contributed by atoms with E-state index in [1.54, 1.807) is 11.3 Å². The van der Waals surface area contributed by atoms with Crippen molar-refractivity contribution < 1.29 is 9.15 Å². The highest BCUT2D eigenvalue weighted by atomic mass is 32.1. The molecule has 126 valence electrons. The Morgan fingerprint density at radius 2 is 2.00 bits per heavy atom. The molecule has 0 saturated carbocycles. The molecule has 2 aromatic heterocycles. The number of aromatic nitrogens is 1. The van der Waals surface area contributed by atoms with Crippen LogP contribution < -0.4 is 4.74 Å². The fraction of sp³-hybridized carbons (Fsp3) is 0.316. The van der Waals surface area contributed by atoms with Crippen molar-refractivity contribution in [3.63, 3.8) is 0 Å². The van der Waals surface area contributed by atoms with E-state index >= 15 is 0 Å². The van der Waals surface area contributed by atoms with Gasteiger partial charge >= 0.3 is 0 Å². The molecule has 0 bridgehead atoms. The zero-order chi connectivity index (χ0) is 16.9. The normalized spacial score (nSPS) is 11.2. The maximum Gasteiger partial charge on any atom is 0.236 e. The van der Waals surface area contributed by atoms with E-state index in [0.717, 1.165) is 40.7 Å². The van der Waals surface area contributed by atoms with Crippen molar-refractivity contribution in [2.45, 2.75) is 20.4 Å². The third kappa shape index (κ3) is 4.04. The Morgan fingerprint density at radius 1 is 1.17 bits per heavy atom. The van der Waals surface area contributed by atoms with E-state index in [1.807, 2.05) is 42.6 Å². The van der Waals surface area contributed by atoms with E-state index < -0.39 is 0 Å². The van der Waals surface area contributed by atoms with Gasteiger partial charge in [0.05, 0.1) is 10.6 Å². The van der Waals surface area contributed by atoms with Gasteiger partial charge in [0.2, 0.25) is 5.89 Å². The molecule has 0 amide bonds. The maximum absolute atomic E-state index is 5.86. The number of likely N-dealkylation sites (N-methyl/N-ethyl adjacent to an activating group) is 1. The Morgan fingerprint density at radius 3 is 2.75 bits per heavy atom. The predicted octanol–water partition coefficient (Wildman–Crippen LogP) is 4.53. The predicted molar refractivity (Wildman–Crippen MR) is 97.6 cm³/mol. The number of hydrogen-bond acceptors (Lipinski definition) is 5. The molecule has 0 unspecified atom stereocenters. The summed E-state index contributed by atoms with van der Waals surface area (Å²) >= 11 is 1.64. The number of nitrogens with zero attached hydrogens (tertiary/aromatic N) is 2. The average Bonchev–Trinajstić information content (AvgIpc) is 3.20. The van der Waals surface area contributed by atoms with Crippen LogP contribution in [0.5, 0.6) is 5.75 Å². The topological polar surface area (TPSA) is 38.5 Å². The average molecular weight is 342 g/mol. The van der Waals surface area contributed by atoms with Crippen molar-refractivity contribution in [3.8, 4) is 16.5 Å². The van der Waals surface area contributed by atoms with Crippen LogP contribution in [0.15, 0.2) is 46.2 Å². The molecule has 4 nitrogen and oxygen atoms in total. The first-order valence-corrected chi connectivity index (χ1v) is 8.88. The summed E-state index contributed by atoms with van der Waals surface area (Å²) in [7, 11) is 2.07. The molecule has 0 atom stereocenters. The van der Waals surface area contributed by atoms with Gasteiger partial charge in [-0.15, -0.1) is 11.3 Å². The quantitative estimate of drug-likeness (QED) is 0.632. The SMILES string of the molecule is Cc1ccccc1OCCN(C)Cc1nc(-c2cccs2)oc1C. The second-order valence-corrected chi connectivity index (χ2v) is 6.80. The van der Waals surface area contributed by atoms with Gasteiger partial charge in [-0.1, -0.05) is 24.3 Å². The molecule has 1 aromatic carbocycles. The summed E-state index contributed by atoms with van der Waals surface area (Å²) in [5, 5.41) is 2.03. The molecule has 0 fully saturated rings. The van der Waals surface area contributed by atoms with Gasteiger partial charge in [0.25, 0.3) is 0 Å². The number of thiophene rings is 1. The summed E-state index contributed by atoms with van der Waals surface area (Å²) in [6.07, 6.45) is 0. The molecule has 0 saturated heterocycles. The first-order chi connectivity index (χ1) is 11.6. The minimum atomic E-state index is 0.649. The number of ether oxygens (including phenoxy) is 1.